The molecule has 0 bridgehead atoms. The number of aromatic nitrogens is 2. The van der Waals surface area contributed by atoms with Gasteiger partial charge in [0.05, 0.1) is 12.1 Å². The van der Waals surface area contributed by atoms with Crippen molar-refractivity contribution >= 4 is 11.6 Å². The molecule has 0 radical (unpaired) electrons. The summed E-state index contributed by atoms with van der Waals surface area (Å²) in [7, 11) is 1.83. The lowest BCUT2D eigenvalue weighted by atomic mass is 10.2. The number of nitrogens with zero attached hydrogens (tertiary/aromatic N) is 2. The third kappa shape index (κ3) is 1.87. The maximum atomic E-state index is 9.21. The number of hydrogen-bond donors (Lipinski definition) is 3. The van der Waals surface area contributed by atoms with Gasteiger partial charge in [-0.2, -0.15) is 0 Å². The molecule has 3 N–H and O–H groups in total. The van der Waals surface area contributed by atoms with E-state index in [2.05, 4.69) is 20.6 Å². The zero-order valence-electron chi connectivity index (χ0n) is 9.04. The molecule has 0 unspecified atom stereocenters. The first-order chi connectivity index (χ1) is 7.21. The minimum atomic E-state index is -0.135. The first-order valence-corrected chi connectivity index (χ1v) is 5.09. The molecular weight excluding hydrogens is 192 g/mol. The van der Waals surface area contributed by atoms with E-state index in [9.17, 15) is 5.11 Å². The quantitative estimate of drug-likeness (QED) is 0.681. The lowest BCUT2D eigenvalue weighted by molar-refractivity contribution is 0.266. The SMILES string of the molecule is CNc1ncnc(NC2(CO)CC2)c1C. The van der Waals surface area contributed by atoms with Gasteiger partial charge in [-0.05, 0) is 19.8 Å². The minimum absolute atomic E-state index is 0.135. The van der Waals surface area contributed by atoms with E-state index in [1.165, 1.54) is 6.33 Å². The van der Waals surface area contributed by atoms with E-state index >= 15 is 0 Å². The molecule has 0 aliphatic heterocycles. The van der Waals surface area contributed by atoms with Crippen molar-refractivity contribution in [3.05, 3.63) is 11.9 Å². The van der Waals surface area contributed by atoms with Crippen molar-refractivity contribution in [1.82, 2.24) is 9.97 Å². The van der Waals surface area contributed by atoms with Crippen LogP contribution < -0.4 is 10.6 Å². The average molecular weight is 208 g/mol. The molecule has 1 fully saturated rings. The summed E-state index contributed by atoms with van der Waals surface area (Å²) in [5.74, 6) is 1.63. The summed E-state index contributed by atoms with van der Waals surface area (Å²) in [5, 5.41) is 15.5. The predicted molar refractivity (Wildman–Crippen MR) is 59.0 cm³/mol. The number of anilines is 2. The van der Waals surface area contributed by atoms with Crippen LogP contribution >= 0.6 is 0 Å². The van der Waals surface area contributed by atoms with Crippen molar-refractivity contribution in [3.63, 3.8) is 0 Å². The lowest BCUT2D eigenvalue weighted by Gasteiger charge is -2.17. The van der Waals surface area contributed by atoms with Crippen LogP contribution in [-0.4, -0.2) is 34.3 Å². The topological polar surface area (TPSA) is 70.1 Å². The molecule has 5 heteroatoms. The zero-order chi connectivity index (χ0) is 10.9. The van der Waals surface area contributed by atoms with Crippen LogP contribution in [0.5, 0.6) is 0 Å². The number of aliphatic hydroxyl groups is 1. The fourth-order valence-electron chi connectivity index (χ4n) is 1.55. The van der Waals surface area contributed by atoms with Crippen LogP contribution in [0.1, 0.15) is 18.4 Å². The van der Waals surface area contributed by atoms with Crippen LogP contribution in [0.4, 0.5) is 11.6 Å². The zero-order valence-corrected chi connectivity index (χ0v) is 9.04. The molecule has 1 aromatic rings. The summed E-state index contributed by atoms with van der Waals surface area (Å²) in [6, 6.07) is 0. The second-order valence-corrected chi connectivity index (χ2v) is 4.01. The van der Waals surface area contributed by atoms with Crippen molar-refractivity contribution in [3.8, 4) is 0 Å². The number of rotatable bonds is 4. The van der Waals surface area contributed by atoms with Gasteiger partial charge in [0.15, 0.2) is 0 Å². The van der Waals surface area contributed by atoms with Gasteiger partial charge in [-0.15, -0.1) is 0 Å². The Morgan fingerprint density at radius 3 is 2.60 bits per heavy atom. The Labute approximate surface area is 88.9 Å². The van der Waals surface area contributed by atoms with Gasteiger partial charge in [0.1, 0.15) is 18.0 Å². The van der Waals surface area contributed by atoms with Crippen LogP contribution in [0.15, 0.2) is 6.33 Å². The number of aliphatic hydroxyl groups excluding tert-OH is 1. The molecule has 0 aromatic carbocycles. The first-order valence-electron chi connectivity index (χ1n) is 5.09. The lowest BCUT2D eigenvalue weighted by Crippen LogP contribution is -2.26. The summed E-state index contributed by atoms with van der Waals surface area (Å²) in [4.78, 5) is 8.30. The van der Waals surface area contributed by atoms with Crippen molar-refractivity contribution in [2.75, 3.05) is 24.3 Å². The molecule has 0 saturated heterocycles. The largest absolute Gasteiger partial charge is 0.394 e. The molecule has 0 amide bonds. The van der Waals surface area contributed by atoms with Crippen molar-refractivity contribution in [2.45, 2.75) is 25.3 Å². The van der Waals surface area contributed by atoms with Crippen molar-refractivity contribution < 1.29 is 5.11 Å². The summed E-state index contributed by atoms with van der Waals surface area (Å²) >= 11 is 0. The van der Waals surface area contributed by atoms with Crippen LogP contribution in [0.25, 0.3) is 0 Å². The third-order valence-corrected chi connectivity index (χ3v) is 2.86. The summed E-state index contributed by atoms with van der Waals surface area (Å²) in [6.07, 6.45) is 3.53. The predicted octanol–water partition coefficient (Wildman–Crippen LogP) is 0.764. The Balaban J connectivity index is 2.21. The maximum Gasteiger partial charge on any atom is 0.134 e. The fourth-order valence-corrected chi connectivity index (χ4v) is 1.55. The Kier molecular flexibility index (Phi) is 2.48. The molecule has 2 rings (SSSR count). The third-order valence-electron chi connectivity index (χ3n) is 2.86. The Morgan fingerprint density at radius 1 is 1.40 bits per heavy atom. The minimum Gasteiger partial charge on any atom is -0.394 e. The van der Waals surface area contributed by atoms with Gasteiger partial charge >= 0.3 is 0 Å². The number of nitrogens with one attached hydrogen (secondary N) is 2. The molecule has 0 atom stereocenters. The smallest absolute Gasteiger partial charge is 0.134 e. The average Bonchev–Trinajstić information content (AvgIpc) is 3.02. The van der Waals surface area contributed by atoms with Crippen LogP contribution in [0, 0.1) is 6.92 Å². The van der Waals surface area contributed by atoms with E-state index in [1.54, 1.807) is 0 Å². The van der Waals surface area contributed by atoms with Gasteiger partial charge in [-0.1, -0.05) is 0 Å². The van der Waals surface area contributed by atoms with Gasteiger partial charge in [-0.25, -0.2) is 9.97 Å². The molecule has 1 saturated carbocycles. The second-order valence-electron chi connectivity index (χ2n) is 4.01. The Hall–Kier alpha value is -1.36. The summed E-state index contributed by atoms with van der Waals surface area (Å²) in [6.45, 7) is 2.12. The molecule has 1 aliphatic rings. The molecule has 1 aliphatic carbocycles. The molecular formula is C10H16N4O. The normalized spacial score (nSPS) is 17.3. The highest BCUT2D eigenvalue weighted by atomic mass is 16.3. The van der Waals surface area contributed by atoms with Crippen molar-refractivity contribution in [1.29, 1.82) is 0 Å². The highest BCUT2D eigenvalue weighted by Gasteiger charge is 2.42. The van der Waals surface area contributed by atoms with Crippen LogP contribution in [0.3, 0.4) is 0 Å². The second kappa shape index (κ2) is 3.66. The maximum absolute atomic E-state index is 9.21. The van der Waals surface area contributed by atoms with Gasteiger partial charge in [-0.3, -0.25) is 0 Å². The van der Waals surface area contributed by atoms with E-state index in [0.29, 0.717) is 0 Å². The molecule has 0 spiro atoms. The fraction of sp³-hybridized carbons (Fsp3) is 0.600. The Bertz CT molecular complexity index is 362. The van der Waals surface area contributed by atoms with Gasteiger partial charge in [0.2, 0.25) is 0 Å². The van der Waals surface area contributed by atoms with Gasteiger partial charge < -0.3 is 15.7 Å². The molecule has 82 valence electrons. The summed E-state index contributed by atoms with van der Waals surface area (Å²) in [5.41, 5.74) is 0.851. The molecule has 15 heavy (non-hydrogen) atoms. The van der Waals surface area contributed by atoms with E-state index < -0.39 is 0 Å². The van der Waals surface area contributed by atoms with E-state index in [-0.39, 0.29) is 12.1 Å². The highest BCUT2D eigenvalue weighted by molar-refractivity contribution is 5.57. The molecule has 1 aromatic heterocycles. The number of hydrogen-bond acceptors (Lipinski definition) is 5. The Morgan fingerprint density at radius 2 is 2.07 bits per heavy atom. The summed E-state index contributed by atoms with van der Waals surface area (Å²) < 4.78 is 0. The van der Waals surface area contributed by atoms with Crippen LogP contribution in [-0.2, 0) is 0 Å². The van der Waals surface area contributed by atoms with E-state index in [0.717, 1.165) is 30.0 Å². The highest BCUT2D eigenvalue weighted by Crippen LogP contribution is 2.38. The molecule has 1 heterocycles. The first kappa shape index (κ1) is 10.2. The van der Waals surface area contributed by atoms with E-state index in [4.69, 9.17) is 0 Å². The van der Waals surface area contributed by atoms with E-state index in [1.807, 2.05) is 14.0 Å². The van der Waals surface area contributed by atoms with Gasteiger partial charge in [0.25, 0.3) is 0 Å². The standard InChI is InChI=1S/C10H16N4O/c1-7-8(11-2)12-6-13-9(7)14-10(5-15)3-4-10/h6,15H,3-5H2,1-2H3,(H2,11,12,13,14). The van der Waals surface area contributed by atoms with Crippen molar-refractivity contribution in [2.24, 2.45) is 0 Å². The van der Waals surface area contributed by atoms with Crippen LogP contribution in [0.2, 0.25) is 0 Å². The monoisotopic (exact) mass is 208 g/mol. The van der Waals surface area contributed by atoms with Gasteiger partial charge in [0, 0.05) is 12.6 Å². The molecule has 5 nitrogen and oxygen atoms in total.